The summed E-state index contributed by atoms with van der Waals surface area (Å²) in [5, 5.41) is 3.40. The number of rotatable bonds is 11. The molecule has 3 aromatic rings. The zero-order valence-electron chi connectivity index (χ0n) is 24.7. The molecule has 0 atom stereocenters. The Morgan fingerprint density at radius 1 is 0.884 bits per heavy atom. The van der Waals surface area contributed by atoms with Gasteiger partial charge in [0.1, 0.15) is 5.75 Å². The van der Waals surface area contributed by atoms with Crippen molar-refractivity contribution in [3.8, 4) is 5.75 Å². The largest absolute Gasteiger partial charge is 0.493 e. The molecule has 1 fully saturated rings. The maximum absolute atomic E-state index is 13.2. The van der Waals surface area contributed by atoms with Gasteiger partial charge in [0.15, 0.2) is 0 Å². The van der Waals surface area contributed by atoms with E-state index in [4.69, 9.17) is 14.2 Å². The van der Waals surface area contributed by atoms with Crippen LogP contribution in [0, 0.1) is 0 Å². The van der Waals surface area contributed by atoms with E-state index in [9.17, 15) is 24.0 Å². The number of nitrogens with one attached hydrogen (secondary N) is 1. The van der Waals surface area contributed by atoms with Crippen molar-refractivity contribution in [3.63, 3.8) is 0 Å². The summed E-state index contributed by atoms with van der Waals surface area (Å²) < 4.78 is 17.7. The van der Waals surface area contributed by atoms with Crippen molar-refractivity contribution in [2.45, 2.75) is 51.6 Å². The van der Waals surface area contributed by atoms with Crippen LogP contribution in [0.25, 0.3) is 10.9 Å². The highest BCUT2D eigenvalue weighted by atomic mass is 16.6. The van der Waals surface area contributed by atoms with Crippen LogP contribution in [0.5, 0.6) is 5.75 Å². The van der Waals surface area contributed by atoms with Crippen molar-refractivity contribution < 1.29 is 33.4 Å². The van der Waals surface area contributed by atoms with Gasteiger partial charge in [-0.25, -0.2) is 9.59 Å². The number of piperidine rings is 1. The van der Waals surface area contributed by atoms with E-state index in [2.05, 4.69) is 5.32 Å². The third-order valence-electron chi connectivity index (χ3n) is 7.44. The van der Waals surface area contributed by atoms with Crippen molar-refractivity contribution >= 4 is 34.7 Å². The average Bonchev–Trinajstić information content (AvgIpc) is 3.00. The lowest BCUT2D eigenvalue weighted by molar-refractivity contribution is -0.168. The summed E-state index contributed by atoms with van der Waals surface area (Å²) in [5.41, 5.74) is -0.706. The maximum Gasteiger partial charge on any atom is 0.343 e. The predicted molar refractivity (Wildman–Crippen MR) is 159 cm³/mol. The molecule has 0 saturated carbocycles. The zero-order valence-corrected chi connectivity index (χ0v) is 24.7. The van der Waals surface area contributed by atoms with Crippen LogP contribution in [0.3, 0.4) is 0 Å². The van der Waals surface area contributed by atoms with Crippen LogP contribution < -0.4 is 15.6 Å². The summed E-state index contributed by atoms with van der Waals surface area (Å²) >= 11 is 0. The van der Waals surface area contributed by atoms with Crippen LogP contribution in [0.1, 0.15) is 56.4 Å². The molecule has 11 nitrogen and oxygen atoms in total. The molecule has 2 heterocycles. The van der Waals surface area contributed by atoms with Crippen LogP contribution in [-0.4, -0.2) is 71.7 Å². The predicted octanol–water partition coefficient (Wildman–Crippen LogP) is 3.25. The van der Waals surface area contributed by atoms with Crippen LogP contribution in [0.15, 0.2) is 65.5 Å². The first kappa shape index (κ1) is 31.3. The Morgan fingerprint density at radius 2 is 1.51 bits per heavy atom. The molecule has 2 amide bonds. The molecule has 0 unspecified atom stereocenters. The fourth-order valence-corrected chi connectivity index (χ4v) is 5.37. The van der Waals surface area contributed by atoms with E-state index in [1.165, 1.54) is 6.92 Å². The minimum Gasteiger partial charge on any atom is -0.493 e. The molecule has 1 aliphatic heterocycles. The first-order chi connectivity index (χ1) is 20.7. The van der Waals surface area contributed by atoms with Gasteiger partial charge in [0, 0.05) is 44.1 Å². The number of benzene rings is 2. The quantitative estimate of drug-likeness (QED) is 0.265. The number of carbonyl (C=O) groups is 4. The van der Waals surface area contributed by atoms with E-state index in [0.717, 1.165) is 10.9 Å². The number of esters is 2. The summed E-state index contributed by atoms with van der Waals surface area (Å²) in [6.45, 7) is 5.31. The number of carbonyl (C=O) groups excluding carboxylic acids is 4. The summed E-state index contributed by atoms with van der Waals surface area (Å²) in [4.78, 5) is 65.1. The second-order valence-corrected chi connectivity index (χ2v) is 10.3. The fraction of sp³-hybridized carbons (Fsp3) is 0.406. The number of hydrogen-bond acceptors (Lipinski definition) is 8. The maximum atomic E-state index is 13.2. The van der Waals surface area contributed by atoms with Crippen LogP contribution >= 0.6 is 0 Å². The Balaban J connectivity index is 1.37. The number of aromatic nitrogens is 1. The summed E-state index contributed by atoms with van der Waals surface area (Å²) in [7, 11) is 0. The molecule has 2 aromatic carbocycles. The van der Waals surface area contributed by atoms with Crippen molar-refractivity contribution in [1.82, 2.24) is 14.8 Å². The van der Waals surface area contributed by atoms with Gasteiger partial charge in [-0.05, 0) is 68.5 Å². The number of fused-ring (bicyclic) bond motifs is 1. The van der Waals surface area contributed by atoms with Gasteiger partial charge in [-0.15, -0.1) is 0 Å². The van der Waals surface area contributed by atoms with Crippen LogP contribution in [0.4, 0.5) is 0 Å². The lowest BCUT2D eigenvalue weighted by Crippen LogP contribution is -2.61. The molecule has 228 valence electrons. The van der Waals surface area contributed by atoms with Gasteiger partial charge in [-0.3, -0.25) is 14.4 Å². The molecular formula is C32H37N3O8. The standard InChI is InChI=1S/C32H37N3O8/c1-4-41-30(39)32(33-22(3)36,31(40)42-5-2)18-21-43-26-13-10-24(11-14-26)29(38)34-19-16-25(17-20-34)35-27-9-7-6-8-23(27)12-15-28(35)37/h6-15,25H,4-5,16-21H2,1-3H3,(H,33,36). The molecule has 43 heavy (non-hydrogen) atoms. The van der Waals surface area contributed by atoms with E-state index in [1.54, 1.807) is 49.1 Å². The zero-order chi connectivity index (χ0) is 31.0. The number of amides is 2. The van der Waals surface area contributed by atoms with Gasteiger partial charge in [-0.2, -0.15) is 0 Å². The van der Waals surface area contributed by atoms with Gasteiger partial charge in [0.05, 0.1) is 25.3 Å². The molecule has 1 aliphatic rings. The molecule has 1 N–H and O–H groups in total. The molecule has 1 aromatic heterocycles. The summed E-state index contributed by atoms with van der Waals surface area (Å²) in [6, 6.07) is 17.8. The van der Waals surface area contributed by atoms with E-state index in [1.807, 2.05) is 34.9 Å². The van der Waals surface area contributed by atoms with Gasteiger partial charge >= 0.3 is 11.9 Å². The first-order valence-corrected chi connectivity index (χ1v) is 14.5. The number of hydrogen-bond donors (Lipinski definition) is 1. The molecule has 1 saturated heterocycles. The third kappa shape index (κ3) is 7.04. The number of nitrogens with zero attached hydrogens (tertiary/aromatic N) is 2. The van der Waals surface area contributed by atoms with Gasteiger partial charge in [0.2, 0.25) is 11.4 Å². The fourth-order valence-electron chi connectivity index (χ4n) is 5.37. The highest BCUT2D eigenvalue weighted by Gasteiger charge is 2.50. The lowest BCUT2D eigenvalue weighted by Gasteiger charge is -2.33. The average molecular weight is 592 g/mol. The molecule has 4 rings (SSSR count). The Bertz CT molecular complexity index is 1510. The second kappa shape index (κ2) is 14.0. The smallest absolute Gasteiger partial charge is 0.343 e. The number of likely N-dealkylation sites (tertiary alicyclic amines) is 1. The van der Waals surface area contributed by atoms with E-state index < -0.39 is 23.4 Å². The van der Waals surface area contributed by atoms with E-state index in [-0.39, 0.29) is 43.7 Å². The van der Waals surface area contributed by atoms with Crippen LogP contribution in [-0.2, 0) is 23.9 Å². The van der Waals surface area contributed by atoms with Crippen molar-refractivity contribution in [2.75, 3.05) is 32.9 Å². The number of pyridine rings is 1. The molecular weight excluding hydrogens is 554 g/mol. The molecule has 11 heteroatoms. The highest BCUT2D eigenvalue weighted by Crippen LogP contribution is 2.26. The Kier molecular flexibility index (Phi) is 10.2. The molecule has 0 radical (unpaired) electrons. The summed E-state index contributed by atoms with van der Waals surface area (Å²) in [6.07, 6.45) is 1.11. The minimum absolute atomic E-state index is 0.00672. The molecule has 0 bridgehead atoms. The van der Waals surface area contributed by atoms with E-state index >= 15 is 0 Å². The second-order valence-electron chi connectivity index (χ2n) is 10.3. The highest BCUT2D eigenvalue weighted by molar-refractivity contribution is 6.07. The third-order valence-corrected chi connectivity index (χ3v) is 7.44. The van der Waals surface area contributed by atoms with Gasteiger partial charge in [-0.1, -0.05) is 18.2 Å². The van der Waals surface area contributed by atoms with Crippen LogP contribution in [0.2, 0.25) is 0 Å². The Hall–Kier alpha value is -4.67. The SMILES string of the molecule is CCOC(=O)C(CCOc1ccc(C(=O)N2CCC(n3c(=O)ccc4ccccc43)CC2)cc1)(NC(C)=O)C(=O)OCC. The van der Waals surface area contributed by atoms with E-state index in [0.29, 0.717) is 37.2 Å². The minimum atomic E-state index is -2.04. The normalized spacial score (nSPS) is 13.8. The van der Waals surface area contributed by atoms with Crippen molar-refractivity contribution in [3.05, 3.63) is 76.6 Å². The first-order valence-electron chi connectivity index (χ1n) is 14.5. The Labute approximate surface area is 249 Å². The Morgan fingerprint density at radius 3 is 2.12 bits per heavy atom. The lowest BCUT2D eigenvalue weighted by atomic mass is 9.95. The molecule has 0 spiro atoms. The number of ether oxygens (including phenoxy) is 3. The summed E-state index contributed by atoms with van der Waals surface area (Å²) in [5.74, 6) is -2.17. The molecule has 0 aliphatic carbocycles. The number of para-hydroxylation sites is 1. The van der Waals surface area contributed by atoms with Gasteiger partial charge in [0.25, 0.3) is 11.5 Å². The van der Waals surface area contributed by atoms with Crippen molar-refractivity contribution in [2.24, 2.45) is 0 Å². The van der Waals surface area contributed by atoms with Gasteiger partial charge < -0.3 is 29.0 Å². The monoisotopic (exact) mass is 591 g/mol. The topological polar surface area (TPSA) is 133 Å². The van der Waals surface area contributed by atoms with Crippen molar-refractivity contribution in [1.29, 1.82) is 0 Å².